The minimum Gasteiger partial charge on any atom is -0.481 e. The molecule has 0 rings (SSSR count). The molecular weight excluding hydrogens is 550 g/mol. The van der Waals surface area contributed by atoms with Gasteiger partial charge < -0.3 is 24.6 Å². The fourth-order valence-electron chi connectivity index (χ4n) is 5.91. The van der Waals surface area contributed by atoms with E-state index in [-0.39, 0.29) is 12.9 Å². The summed E-state index contributed by atoms with van der Waals surface area (Å²) in [5, 5.41) is 18.2. The van der Waals surface area contributed by atoms with E-state index in [1.165, 1.54) is 122 Å². The number of hydrogen-bond acceptors (Lipinski definition) is 5. The van der Waals surface area contributed by atoms with Gasteiger partial charge in [0, 0.05) is 26.2 Å². The Labute approximate surface area is 274 Å². The Morgan fingerprint density at radius 3 is 1.34 bits per heavy atom. The fourth-order valence-corrected chi connectivity index (χ4v) is 5.91. The standard InChI is InChI=1S/C38H77NO5/c1-3-5-7-9-14-21-27-35-43-38(44-36-28-22-15-10-8-6-4-2)30-24-18-12-11-13-19-25-31-39(33-34-40)32-26-20-16-17-23-29-37(41)42/h38,40H,3-36H2,1-2H3,(H,41,42). The van der Waals surface area contributed by atoms with Crippen LogP contribution in [0.2, 0.25) is 0 Å². The summed E-state index contributed by atoms with van der Waals surface area (Å²) in [4.78, 5) is 13.0. The van der Waals surface area contributed by atoms with Crippen LogP contribution in [0.15, 0.2) is 0 Å². The van der Waals surface area contributed by atoms with Crippen molar-refractivity contribution in [3.05, 3.63) is 0 Å². The van der Waals surface area contributed by atoms with Crippen LogP contribution < -0.4 is 0 Å². The predicted octanol–water partition coefficient (Wildman–Crippen LogP) is 10.7. The Bertz CT molecular complexity index is 541. The average molecular weight is 628 g/mol. The van der Waals surface area contributed by atoms with Gasteiger partial charge in [-0.15, -0.1) is 0 Å². The third-order valence-corrected chi connectivity index (χ3v) is 8.80. The Kier molecular flexibility index (Phi) is 36.2. The van der Waals surface area contributed by atoms with Crippen LogP contribution in [0.5, 0.6) is 0 Å². The molecule has 0 atom stereocenters. The number of unbranched alkanes of at least 4 members (excludes halogenated alkanes) is 22. The molecule has 0 unspecified atom stereocenters. The molecular formula is C38H77NO5. The number of aliphatic hydroxyl groups is 1. The number of nitrogens with zero attached hydrogens (tertiary/aromatic N) is 1. The molecule has 6 heteroatoms. The van der Waals surface area contributed by atoms with E-state index in [0.717, 1.165) is 84.2 Å². The zero-order valence-corrected chi connectivity index (χ0v) is 29.7. The number of ether oxygens (including phenoxy) is 2. The lowest BCUT2D eigenvalue weighted by Gasteiger charge is -2.21. The first-order chi connectivity index (χ1) is 21.6. The SMILES string of the molecule is CCCCCCCCCOC(CCCCCCCCCN(CCO)CCCCCCCC(=O)O)OCCCCCCCCC. The van der Waals surface area contributed by atoms with Crippen LogP contribution in [0.4, 0.5) is 0 Å². The third-order valence-electron chi connectivity index (χ3n) is 8.80. The first-order valence-electron chi connectivity index (χ1n) is 19.4. The summed E-state index contributed by atoms with van der Waals surface area (Å²) in [7, 11) is 0. The monoisotopic (exact) mass is 628 g/mol. The van der Waals surface area contributed by atoms with Crippen molar-refractivity contribution in [2.75, 3.05) is 39.5 Å². The molecule has 2 N–H and O–H groups in total. The van der Waals surface area contributed by atoms with Crippen molar-refractivity contribution in [1.82, 2.24) is 4.90 Å². The van der Waals surface area contributed by atoms with E-state index in [0.29, 0.717) is 6.42 Å². The van der Waals surface area contributed by atoms with Gasteiger partial charge in [-0.1, -0.05) is 142 Å². The Morgan fingerprint density at radius 2 is 0.909 bits per heavy atom. The smallest absolute Gasteiger partial charge is 0.303 e. The van der Waals surface area contributed by atoms with Gasteiger partial charge in [-0.25, -0.2) is 0 Å². The largest absolute Gasteiger partial charge is 0.481 e. The van der Waals surface area contributed by atoms with Gasteiger partial charge in [-0.2, -0.15) is 0 Å². The quantitative estimate of drug-likeness (QED) is 0.0524. The second kappa shape index (κ2) is 36.8. The van der Waals surface area contributed by atoms with Gasteiger partial charge in [0.1, 0.15) is 0 Å². The van der Waals surface area contributed by atoms with Crippen molar-refractivity contribution >= 4 is 5.97 Å². The molecule has 0 fully saturated rings. The summed E-state index contributed by atoms with van der Waals surface area (Å²) in [5.41, 5.74) is 0. The molecule has 0 aromatic carbocycles. The van der Waals surface area contributed by atoms with Crippen molar-refractivity contribution in [2.24, 2.45) is 0 Å². The first kappa shape index (κ1) is 43.3. The number of rotatable bonds is 38. The Morgan fingerprint density at radius 1 is 0.523 bits per heavy atom. The van der Waals surface area contributed by atoms with Gasteiger partial charge in [0.15, 0.2) is 6.29 Å². The van der Waals surface area contributed by atoms with Gasteiger partial charge >= 0.3 is 5.97 Å². The number of hydrogen-bond donors (Lipinski definition) is 2. The molecule has 0 aliphatic carbocycles. The maximum Gasteiger partial charge on any atom is 0.303 e. The summed E-state index contributed by atoms with van der Waals surface area (Å²) in [6, 6.07) is 0. The van der Waals surface area contributed by atoms with Gasteiger partial charge in [-0.3, -0.25) is 4.79 Å². The number of carboxylic acids is 1. The van der Waals surface area contributed by atoms with Crippen LogP contribution in [-0.2, 0) is 14.3 Å². The molecule has 0 saturated carbocycles. The Hall–Kier alpha value is -0.690. The molecule has 264 valence electrons. The van der Waals surface area contributed by atoms with E-state index in [2.05, 4.69) is 18.7 Å². The summed E-state index contributed by atoms with van der Waals surface area (Å²) in [6.07, 6.45) is 33.7. The third kappa shape index (κ3) is 34.2. The van der Waals surface area contributed by atoms with Crippen LogP contribution in [0.25, 0.3) is 0 Å². The highest BCUT2D eigenvalue weighted by Crippen LogP contribution is 2.15. The number of carboxylic acid groups (broad SMARTS) is 1. The molecule has 6 nitrogen and oxygen atoms in total. The van der Waals surface area contributed by atoms with E-state index in [1.54, 1.807) is 0 Å². The van der Waals surface area contributed by atoms with Crippen molar-refractivity contribution in [3.8, 4) is 0 Å². The van der Waals surface area contributed by atoms with E-state index < -0.39 is 5.97 Å². The van der Waals surface area contributed by atoms with Gasteiger partial charge in [0.25, 0.3) is 0 Å². The first-order valence-corrected chi connectivity index (χ1v) is 19.4. The van der Waals surface area contributed by atoms with Gasteiger partial charge in [0.05, 0.1) is 6.61 Å². The highest BCUT2D eigenvalue weighted by Gasteiger charge is 2.10. The van der Waals surface area contributed by atoms with E-state index in [4.69, 9.17) is 14.6 Å². The second-order valence-corrected chi connectivity index (χ2v) is 13.2. The molecule has 44 heavy (non-hydrogen) atoms. The lowest BCUT2D eigenvalue weighted by molar-refractivity contribution is -0.148. The summed E-state index contributed by atoms with van der Waals surface area (Å²) >= 11 is 0. The maximum absolute atomic E-state index is 10.6. The van der Waals surface area contributed by atoms with Gasteiger partial charge in [0.2, 0.25) is 0 Å². The van der Waals surface area contributed by atoms with E-state index in [1.807, 2.05) is 0 Å². The summed E-state index contributed by atoms with van der Waals surface area (Å²) in [6.45, 7) is 9.35. The van der Waals surface area contributed by atoms with Crippen LogP contribution in [0, 0.1) is 0 Å². The van der Waals surface area contributed by atoms with Crippen LogP contribution >= 0.6 is 0 Å². The number of aliphatic hydroxyl groups excluding tert-OH is 1. The topological polar surface area (TPSA) is 79.2 Å². The van der Waals surface area contributed by atoms with Crippen LogP contribution in [0.1, 0.15) is 194 Å². The minimum atomic E-state index is -0.689. The molecule has 0 aliphatic heterocycles. The van der Waals surface area contributed by atoms with Crippen LogP contribution in [-0.4, -0.2) is 66.8 Å². The van der Waals surface area contributed by atoms with E-state index in [9.17, 15) is 9.90 Å². The lowest BCUT2D eigenvalue weighted by Crippen LogP contribution is -2.29. The molecule has 0 heterocycles. The van der Waals surface area contributed by atoms with Crippen LogP contribution in [0.3, 0.4) is 0 Å². The van der Waals surface area contributed by atoms with Crippen molar-refractivity contribution in [2.45, 2.75) is 200 Å². The molecule has 0 radical (unpaired) electrons. The molecule has 0 aromatic heterocycles. The van der Waals surface area contributed by atoms with E-state index >= 15 is 0 Å². The lowest BCUT2D eigenvalue weighted by atomic mass is 10.1. The molecule has 0 aromatic rings. The molecule has 0 saturated heterocycles. The fraction of sp³-hybridized carbons (Fsp3) is 0.974. The predicted molar refractivity (Wildman–Crippen MR) is 187 cm³/mol. The molecule has 0 amide bonds. The van der Waals surface area contributed by atoms with Crippen molar-refractivity contribution < 1.29 is 24.5 Å². The normalized spacial score (nSPS) is 11.8. The zero-order chi connectivity index (χ0) is 32.2. The zero-order valence-electron chi connectivity index (χ0n) is 29.7. The number of carbonyl (C=O) groups is 1. The summed E-state index contributed by atoms with van der Waals surface area (Å²) < 4.78 is 12.5. The van der Waals surface area contributed by atoms with Crippen molar-refractivity contribution in [1.29, 1.82) is 0 Å². The average Bonchev–Trinajstić information content (AvgIpc) is 3.01. The number of aliphatic carboxylic acids is 1. The highest BCUT2D eigenvalue weighted by molar-refractivity contribution is 5.66. The highest BCUT2D eigenvalue weighted by atomic mass is 16.7. The minimum absolute atomic E-state index is 0.0163. The Balaban J connectivity index is 3.97. The second-order valence-electron chi connectivity index (χ2n) is 13.2. The molecule has 0 aliphatic rings. The maximum atomic E-state index is 10.6. The molecule has 0 bridgehead atoms. The summed E-state index contributed by atoms with van der Waals surface area (Å²) in [5.74, 6) is -0.689. The molecule has 0 spiro atoms. The van der Waals surface area contributed by atoms with Crippen molar-refractivity contribution in [3.63, 3.8) is 0 Å². The van der Waals surface area contributed by atoms with Gasteiger partial charge in [-0.05, 0) is 58.0 Å².